The Morgan fingerprint density at radius 3 is 2.40 bits per heavy atom. The normalized spacial score (nSPS) is 22.9. The van der Waals surface area contributed by atoms with Crippen molar-refractivity contribution in [2.24, 2.45) is 5.92 Å². The zero-order chi connectivity index (χ0) is 14.8. The smallest absolute Gasteiger partial charge is 0.251 e. The van der Waals surface area contributed by atoms with Gasteiger partial charge in [-0.1, -0.05) is 0 Å². The highest BCUT2D eigenvalue weighted by Gasteiger charge is 2.29. The van der Waals surface area contributed by atoms with Gasteiger partial charge in [-0.25, -0.2) is 0 Å². The van der Waals surface area contributed by atoms with Gasteiger partial charge in [-0.05, 0) is 39.5 Å². The van der Waals surface area contributed by atoms with E-state index in [1.54, 1.807) is 0 Å². The van der Waals surface area contributed by atoms with Crippen molar-refractivity contribution in [2.45, 2.75) is 45.3 Å². The Balaban J connectivity index is 1.70. The molecule has 0 spiro atoms. The van der Waals surface area contributed by atoms with Crippen LogP contribution in [0.25, 0.3) is 0 Å². The van der Waals surface area contributed by atoms with E-state index in [0.717, 1.165) is 32.8 Å². The van der Waals surface area contributed by atoms with Crippen LogP contribution in [0, 0.1) is 5.92 Å². The Morgan fingerprint density at radius 2 is 1.90 bits per heavy atom. The molecule has 1 heterocycles. The van der Waals surface area contributed by atoms with Gasteiger partial charge in [0.2, 0.25) is 0 Å². The maximum absolute atomic E-state index is 12.3. The van der Waals surface area contributed by atoms with Crippen molar-refractivity contribution in [1.29, 1.82) is 0 Å². The summed E-state index contributed by atoms with van der Waals surface area (Å²) < 4.78 is 5.64. The molecular weight excluding hydrogens is 256 g/mol. The van der Waals surface area contributed by atoms with Gasteiger partial charge in [0.05, 0.1) is 12.2 Å². The molecule has 1 atom stereocenters. The predicted molar refractivity (Wildman–Crippen MR) is 77.5 cm³/mol. The van der Waals surface area contributed by atoms with Gasteiger partial charge >= 0.3 is 0 Å². The van der Waals surface area contributed by atoms with E-state index >= 15 is 0 Å². The van der Waals surface area contributed by atoms with Crippen molar-refractivity contribution in [2.75, 3.05) is 39.3 Å². The summed E-state index contributed by atoms with van der Waals surface area (Å²) in [5.74, 6) is 0.794. The average Bonchev–Trinajstić information content (AvgIpc) is 3.18. The van der Waals surface area contributed by atoms with E-state index in [9.17, 15) is 9.90 Å². The van der Waals surface area contributed by atoms with Crippen LogP contribution in [0.5, 0.6) is 0 Å². The van der Waals surface area contributed by atoms with Crippen LogP contribution in [0.2, 0.25) is 0 Å². The molecule has 1 N–H and O–H groups in total. The summed E-state index contributed by atoms with van der Waals surface area (Å²) >= 11 is 0. The van der Waals surface area contributed by atoms with E-state index in [-0.39, 0.29) is 12.0 Å². The lowest BCUT2D eigenvalue weighted by molar-refractivity contribution is -0.145. The van der Waals surface area contributed by atoms with E-state index in [4.69, 9.17) is 4.74 Å². The van der Waals surface area contributed by atoms with Crippen molar-refractivity contribution in [1.82, 2.24) is 9.80 Å². The number of nitrogens with zero attached hydrogens (tertiary/aromatic N) is 2. The molecule has 2 rings (SSSR count). The number of β-amino-alcohol motifs (C(OH)–C–C–N with tert-alkyl or cyclic N) is 1. The quantitative estimate of drug-likeness (QED) is 0.781. The van der Waals surface area contributed by atoms with Crippen LogP contribution in [-0.2, 0) is 9.53 Å². The van der Waals surface area contributed by atoms with E-state index in [1.165, 1.54) is 12.8 Å². The molecule has 1 aliphatic heterocycles. The summed E-state index contributed by atoms with van der Waals surface area (Å²) in [6.07, 6.45) is 2.17. The summed E-state index contributed by atoms with van der Waals surface area (Å²) in [5.41, 5.74) is -0.674. The first-order chi connectivity index (χ1) is 9.35. The van der Waals surface area contributed by atoms with Gasteiger partial charge in [0.1, 0.15) is 6.10 Å². The molecule has 1 aliphatic carbocycles. The molecule has 0 aromatic heterocycles. The summed E-state index contributed by atoms with van der Waals surface area (Å²) in [6.45, 7) is 9.98. The van der Waals surface area contributed by atoms with Crippen LogP contribution < -0.4 is 0 Å². The minimum atomic E-state index is -0.674. The summed E-state index contributed by atoms with van der Waals surface area (Å²) in [6, 6.07) is 0. The SMILES string of the molecule is C[C@H](OCC1CC1)C(=O)N1CCN(CC(C)(C)O)CC1. The highest BCUT2D eigenvalue weighted by atomic mass is 16.5. The van der Waals surface area contributed by atoms with Crippen LogP contribution in [0.4, 0.5) is 0 Å². The first-order valence-electron chi connectivity index (χ1n) is 7.70. The van der Waals surface area contributed by atoms with Crippen LogP contribution >= 0.6 is 0 Å². The van der Waals surface area contributed by atoms with E-state index in [2.05, 4.69) is 4.90 Å². The molecule has 2 fully saturated rings. The molecule has 0 aromatic carbocycles. The minimum absolute atomic E-state index is 0.105. The fraction of sp³-hybridized carbons (Fsp3) is 0.933. The standard InChI is InChI=1S/C15H28N2O3/c1-12(20-10-13-4-5-13)14(18)17-8-6-16(7-9-17)11-15(2,3)19/h12-13,19H,4-11H2,1-3H3/t12-/m0/s1. The van der Waals surface area contributed by atoms with Crippen LogP contribution in [-0.4, -0.2) is 71.8 Å². The fourth-order valence-corrected chi connectivity index (χ4v) is 2.57. The highest BCUT2D eigenvalue weighted by Crippen LogP contribution is 2.29. The molecule has 1 saturated carbocycles. The Morgan fingerprint density at radius 1 is 1.30 bits per heavy atom. The molecule has 20 heavy (non-hydrogen) atoms. The van der Waals surface area contributed by atoms with Crippen molar-refractivity contribution < 1.29 is 14.6 Å². The zero-order valence-electron chi connectivity index (χ0n) is 13.0. The van der Waals surface area contributed by atoms with Gasteiger partial charge in [-0.2, -0.15) is 0 Å². The number of hydrogen-bond acceptors (Lipinski definition) is 4. The largest absolute Gasteiger partial charge is 0.389 e. The predicted octanol–water partition coefficient (Wildman–Crippen LogP) is 0.717. The Bertz CT molecular complexity index is 329. The first kappa shape index (κ1) is 15.7. The number of amides is 1. The zero-order valence-corrected chi connectivity index (χ0v) is 13.0. The first-order valence-corrected chi connectivity index (χ1v) is 7.70. The molecule has 0 aromatic rings. The summed E-state index contributed by atoms with van der Waals surface area (Å²) in [7, 11) is 0. The molecule has 5 heteroatoms. The second-order valence-electron chi connectivity index (χ2n) is 6.83. The van der Waals surface area contributed by atoms with Gasteiger partial charge in [0.15, 0.2) is 0 Å². The number of carbonyl (C=O) groups is 1. The van der Waals surface area contributed by atoms with Gasteiger partial charge in [0.25, 0.3) is 5.91 Å². The van der Waals surface area contributed by atoms with Gasteiger partial charge < -0.3 is 14.7 Å². The van der Waals surface area contributed by atoms with Crippen molar-refractivity contribution in [3.63, 3.8) is 0 Å². The molecular formula is C15H28N2O3. The molecule has 5 nitrogen and oxygen atoms in total. The fourth-order valence-electron chi connectivity index (χ4n) is 2.57. The second kappa shape index (κ2) is 6.41. The molecule has 116 valence electrons. The Labute approximate surface area is 121 Å². The number of aliphatic hydroxyl groups is 1. The highest BCUT2D eigenvalue weighted by molar-refractivity contribution is 5.80. The van der Waals surface area contributed by atoms with Gasteiger partial charge in [-0.15, -0.1) is 0 Å². The van der Waals surface area contributed by atoms with Crippen molar-refractivity contribution in [3.05, 3.63) is 0 Å². The number of ether oxygens (including phenoxy) is 1. The molecule has 0 radical (unpaired) electrons. The summed E-state index contributed by atoms with van der Waals surface area (Å²) in [5, 5.41) is 9.82. The number of piperazine rings is 1. The molecule has 0 bridgehead atoms. The topological polar surface area (TPSA) is 53.0 Å². The van der Waals surface area contributed by atoms with E-state index < -0.39 is 5.60 Å². The molecule has 0 unspecified atom stereocenters. The van der Waals surface area contributed by atoms with Crippen LogP contribution in [0.15, 0.2) is 0 Å². The van der Waals surface area contributed by atoms with Crippen molar-refractivity contribution >= 4 is 5.91 Å². The third-order valence-corrected chi connectivity index (χ3v) is 3.92. The van der Waals surface area contributed by atoms with Crippen LogP contribution in [0.3, 0.4) is 0 Å². The maximum atomic E-state index is 12.3. The Kier molecular flexibility index (Phi) is 5.04. The Hall–Kier alpha value is -0.650. The van der Waals surface area contributed by atoms with Gasteiger partial charge in [-0.3, -0.25) is 9.69 Å². The number of carbonyl (C=O) groups excluding carboxylic acids is 1. The molecule has 2 aliphatic rings. The second-order valence-corrected chi connectivity index (χ2v) is 6.83. The van der Waals surface area contributed by atoms with Gasteiger partial charge in [0, 0.05) is 32.7 Å². The minimum Gasteiger partial charge on any atom is -0.389 e. The lowest BCUT2D eigenvalue weighted by atomic mass is 10.1. The number of hydrogen-bond donors (Lipinski definition) is 1. The molecule has 1 amide bonds. The number of rotatable bonds is 6. The lowest BCUT2D eigenvalue weighted by Gasteiger charge is -2.38. The third kappa shape index (κ3) is 5.04. The third-order valence-electron chi connectivity index (χ3n) is 3.92. The van der Waals surface area contributed by atoms with E-state index in [0.29, 0.717) is 12.5 Å². The van der Waals surface area contributed by atoms with Crippen molar-refractivity contribution in [3.8, 4) is 0 Å². The maximum Gasteiger partial charge on any atom is 0.251 e. The average molecular weight is 284 g/mol. The van der Waals surface area contributed by atoms with Crippen LogP contribution in [0.1, 0.15) is 33.6 Å². The monoisotopic (exact) mass is 284 g/mol. The summed E-state index contributed by atoms with van der Waals surface area (Å²) in [4.78, 5) is 16.4. The molecule has 1 saturated heterocycles. The van der Waals surface area contributed by atoms with E-state index in [1.807, 2.05) is 25.7 Å². The lowest BCUT2D eigenvalue weighted by Crippen LogP contribution is -2.53.